The lowest BCUT2D eigenvalue weighted by molar-refractivity contribution is 0.252. The number of urea groups is 1. The molecule has 0 radical (unpaired) electrons. The van der Waals surface area contributed by atoms with Crippen molar-refractivity contribution in [2.75, 3.05) is 31.6 Å². The van der Waals surface area contributed by atoms with Crippen LogP contribution in [0.1, 0.15) is 22.6 Å². The summed E-state index contributed by atoms with van der Waals surface area (Å²) in [4.78, 5) is 16.3. The lowest BCUT2D eigenvalue weighted by atomic mass is 9.84. The number of carbonyl (C=O) groups is 1. The molecule has 2 aliphatic heterocycles. The van der Waals surface area contributed by atoms with E-state index in [-0.39, 0.29) is 11.9 Å². The van der Waals surface area contributed by atoms with Gasteiger partial charge in [-0.25, -0.2) is 4.79 Å². The number of rotatable bonds is 2. The molecule has 1 saturated heterocycles. The third-order valence-electron chi connectivity index (χ3n) is 4.95. The van der Waals surface area contributed by atoms with Crippen molar-refractivity contribution in [3.63, 3.8) is 0 Å². The van der Waals surface area contributed by atoms with E-state index in [0.717, 1.165) is 35.5 Å². The number of likely N-dealkylation sites (N-methyl/N-ethyl adjacent to an activating group) is 1. The first-order valence-corrected chi connectivity index (χ1v) is 9.11. The molecule has 25 heavy (non-hydrogen) atoms. The number of fused-ring (bicyclic) bond motifs is 1. The van der Waals surface area contributed by atoms with E-state index in [1.807, 2.05) is 29.2 Å². The Labute approximate surface area is 157 Å². The highest BCUT2D eigenvalue weighted by atomic mass is 35.5. The Balaban J connectivity index is 1.85. The molecule has 2 aromatic carbocycles. The summed E-state index contributed by atoms with van der Waals surface area (Å²) in [7, 11) is 2.09. The van der Waals surface area contributed by atoms with E-state index >= 15 is 0 Å². The Morgan fingerprint density at radius 1 is 1.16 bits per heavy atom. The fraction of sp³-hybridized carbons (Fsp3) is 0.316. The number of para-hydroxylation sites is 1. The predicted octanol–water partition coefficient (Wildman–Crippen LogP) is 4.10. The third kappa shape index (κ3) is 2.99. The lowest BCUT2D eigenvalue weighted by Crippen LogP contribution is -2.33. The average Bonchev–Trinajstić information content (AvgIpc) is 3.01. The number of anilines is 1. The van der Waals surface area contributed by atoms with Crippen molar-refractivity contribution in [1.29, 1.82) is 0 Å². The molecule has 0 unspecified atom stereocenters. The van der Waals surface area contributed by atoms with Gasteiger partial charge in [0, 0.05) is 47.8 Å². The molecule has 6 heteroatoms. The molecule has 2 aromatic rings. The number of nitrogens with one attached hydrogen (secondary N) is 1. The molecule has 130 valence electrons. The minimum atomic E-state index is -0.0408. The van der Waals surface area contributed by atoms with Gasteiger partial charge in [0.25, 0.3) is 0 Å². The van der Waals surface area contributed by atoms with Crippen LogP contribution in [0.15, 0.2) is 36.4 Å². The molecule has 0 bridgehead atoms. The van der Waals surface area contributed by atoms with Crippen LogP contribution < -0.4 is 10.2 Å². The quantitative estimate of drug-likeness (QED) is 0.857. The summed E-state index contributed by atoms with van der Waals surface area (Å²) in [5.74, 6) is 0.120. The van der Waals surface area contributed by atoms with Gasteiger partial charge in [-0.1, -0.05) is 41.4 Å². The second kappa shape index (κ2) is 6.52. The maximum atomic E-state index is 12.2. The van der Waals surface area contributed by atoms with Crippen molar-refractivity contribution < 1.29 is 4.79 Å². The van der Waals surface area contributed by atoms with Gasteiger partial charge in [-0.2, -0.15) is 0 Å². The second-order valence-corrected chi connectivity index (χ2v) is 7.49. The molecule has 1 N–H and O–H groups in total. The van der Waals surface area contributed by atoms with Crippen LogP contribution in [0, 0.1) is 0 Å². The van der Waals surface area contributed by atoms with Gasteiger partial charge in [0.05, 0.1) is 0 Å². The molecule has 2 aliphatic rings. The summed E-state index contributed by atoms with van der Waals surface area (Å²) in [6.07, 6.45) is 0. The van der Waals surface area contributed by atoms with Gasteiger partial charge in [-0.3, -0.25) is 4.90 Å². The van der Waals surface area contributed by atoms with Gasteiger partial charge >= 0.3 is 6.03 Å². The number of benzene rings is 2. The smallest absolute Gasteiger partial charge is 0.322 e. The van der Waals surface area contributed by atoms with E-state index in [1.165, 1.54) is 0 Å². The number of hydrogen-bond donors (Lipinski definition) is 1. The Hall–Kier alpha value is -1.75. The highest BCUT2D eigenvalue weighted by molar-refractivity contribution is 6.35. The van der Waals surface area contributed by atoms with Gasteiger partial charge in [-0.15, -0.1) is 0 Å². The summed E-state index contributed by atoms with van der Waals surface area (Å²) in [6, 6.07) is 11.9. The molecule has 0 spiro atoms. The molecule has 0 aliphatic carbocycles. The van der Waals surface area contributed by atoms with Crippen molar-refractivity contribution >= 4 is 34.9 Å². The van der Waals surface area contributed by atoms with E-state index in [2.05, 4.69) is 23.3 Å². The first-order chi connectivity index (χ1) is 12.0. The van der Waals surface area contributed by atoms with Crippen molar-refractivity contribution in [2.24, 2.45) is 0 Å². The molecular weight excluding hydrogens is 357 g/mol. The molecule has 0 saturated carbocycles. The van der Waals surface area contributed by atoms with Crippen molar-refractivity contribution in [3.8, 4) is 0 Å². The molecule has 4 rings (SSSR count). The molecule has 2 amide bonds. The van der Waals surface area contributed by atoms with Crippen LogP contribution in [0.25, 0.3) is 0 Å². The first kappa shape index (κ1) is 16.7. The molecular formula is C19H19Cl2N3O. The maximum absolute atomic E-state index is 12.2. The first-order valence-electron chi connectivity index (χ1n) is 8.35. The number of amides is 2. The predicted molar refractivity (Wildman–Crippen MR) is 102 cm³/mol. The summed E-state index contributed by atoms with van der Waals surface area (Å²) in [5.41, 5.74) is 4.36. The highest BCUT2D eigenvalue weighted by Crippen LogP contribution is 2.41. The lowest BCUT2D eigenvalue weighted by Gasteiger charge is -2.35. The zero-order valence-corrected chi connectivity index (χ0v) is 15.4. The summed E-state index contributed by atoms with van der Waals surface area (Å²) in [6.45, 7) is 3.01. The van der Waals surface area contributed by atoms with Gasteiger partial charge in [0.2, 0.25) is 0 Å². The van der Waals surface area contributed by atoms with Crippen LogP contribution in [0.2, 0.25) is 10.0 Å². The van der Waals surface area contributed by atoms with Crippen LogP contribution in [0.5, 0.6) is 0 Å². The minimum absolute atomic E-state index is 0.0408. The van der Waals surface area contributed by atoms with Gasteiger partial charge in [0.15, 0.2) is 0 Å². The Morgan fingerprint density at radius 2 is 1.96 bits per heavy atom. The van der Waals surface area contributed by atoms with Crippen LogP contribution in [-0.4, -0.2) is 37.6 Å². The maximum Gasteiger partial charge on any atom is 0.322 e. The standard InChI is InChI=1S/C19H19Cl2N3O/c1-23-10-15(14-8-12(20)9-17(21)16(14)11-23)13-4-2-3-5-18(13)24-7-6-22-19(24)25/h2-5,8-9,15H,6-7,10-11H2,1H3,(H,22,25)/t15-/m0/s1. The highest BCUT2D eigenvalue weighted by Gasteiger charge is 2.31. The Kier molecular flexibility index (Phi) is 4.36. The number of hydrogen-bond acceptors (Lipinski definition) is 2. The summed E-state index contributed by atoms with van der Waals surface area (Å²) < 4.78 is 0. The summed E-state index contributed by atoms with van der Waals surface area (Å²) in [5, 5.41) is 4.23. The second-order valence-electron chi connectivity index (χ2n) is 6.65. The van der Waals surface area contributed by atoms with Crippen LogP contribution >= 0.6 is 23.2 Å². The molecule has 1 atom stereocenters. The van der Waals surface area contributed by atoms with Gasteiger partial charge in [-0.05, 0) is 41.9 Å². The largest absolute Gasteiger partial charge is 0.336 e. The number of nitrogens with zero attached hydrogens (tertiary/aromatic N) is 2. The molecule has 2 heterocycles. The number of carbonyl (C=O) groups excluding carboxylic acids is 1. The molecule has 4 nitrogen and oxygen atoms in total. The van der Waals surface area contributed by atoms with E-state index in [1.54, 1.807) is 6.07 Å². The van der Waals surface area contributed by atoms with E-state index in [0.29, 0.717) is 23.1 Å². The van der Waals surface area contributed by atoms with Gasteiger partial charge in [0.1, 0.15) is 0 Å². The fourth-order valence-electron chi connectivity index (χ4n) is 3.84. The van der Waals surface area contributed by atoms with Crippen molar-refractivity contribution in [1.82, 2.24) is 10.2 Å². The van der Waals surface area contributed by atoms with Crippen molar-refractivity contribution in [3.05, 3.63) is 63.1 Å². The van der Waals surface area contributed by atoms with Crippen LogP contribution in [0.4, 0.5) is 10.5 Å². The normalized spacial score (nSPS) is 20.5. The van der Waals surface area contributed by atoms with Gasteiger partial charge < -0.3 is 10.2 Å². The van der Waals surface area contributed by atoms with Crippen LogP contribution in [0.3, 0.4) is 0 Å². The van der Waals surface area contributed by atoms with E-state index in [4.69, 9.17) is 23.2 Å². The summed E-state index contributed by atoms with van der Waals surface area (Å²) >= 11 is 12.8. The fourth-order valence-corrected chi connectivity index (χ4v) is 4.41. The zero-order valence-electron chi connectivity index (χ0n) is 13.9. The Morgan fingerprint density at radius 3 is 2.72 bits per heavy atom. The van der Waals surface area contributed by atoms with Crippen LogP contribution in [-0.2, 0) is 6.54 Å². The topological polar surface area (TPSA) is 35.6 Å². The molecule has 0 aromatic heterocycles. The average molecular weight is 376 g/mol. The molecule has 1 fully saturated rings. The van der Waals surface area contributed by atoms with E-state index in [9.17, 15) is 4.79 Å². The third-order valence-corrected chi connectivity index (χ3v) is 5.51. The minimum Gasteiger partial charge on any atom is -0.336 e. The van der Waals surface area contributed by atoms with Crippen molar-refractivity contribution in [2.45, 2.75) is 12.5 Å². The monoisotopic (exact) mass is 375 g/mol. The zero-order chi connectivity index (χ0) is 17.6. The Bertz CT molecular complexity index is 839. The number of halogens is 2. The van der Waals surface area contributed by atoms with E-state index < -0.39 is 0 Å². The SMILES string of the molecule is CN1Cc2c(Cl)cc(Cl)cc2[C@H](c2ccccc2N2CCNC2=O)C1.